The highest BCUT2D eigenvalue weighted by Gasteiger charge is 2.28. The van der Waals surface area contributed by atoms with E-state index >= 15 is 0 Å². The van der Waals surface area contributed by atoms with Crippen molar-refractivity contribution in [3.8, 4) is 17.2 Å². The van der Waals surface area contributed by atoms with Gasteiger partial charge in [0.1, 0.15) is 5.75 Å². The molecule has 3 aromatic rings. The molecule has 0 aliphatic rings. The third-order valence-electron chi connectivity index (χ3n) is 4.19. The van der Waals surface area contributed by atoms with Crippen molar-refractivity contribution in [3.63, 3.8) is 0 Å². The summed E-state index contributed by atoms with van der Waals surface area (Å²) in [6.45, 7) is 6.53. The third kappa shape index (κ3) is 4.20. The van der Waals surface area contributed by atoms with E-state index in [0.29, 0.717) is 23.8 Å². The lowest BCUT2D eigenvalue weighted by Gasteiger charge is -2.08. The monoisotopic (exact) mass is 400 g/mol. The van der Waals surface area contributed by atoms with Crippen molar-refractivity contribution in [2.45, 2.75) is 30.7 Å². The molecule has 0 spiro atoms. The van der Waals surface area contributed by atoms with Gasteiger partial charge in [-0.25, -0.2) is 8.42 Å². The molecule has 3 rings (SSSR count). The van der Waals surface area contributed by atoms with Gasteiger partial charge in [-0.3, -0.25) is 0 Å². The molecule has 0 radical (unpaired) electrons. The smallest absolute Gasteiger partial charge is 0.233 e. The van der Waals surface area contributed by atoms with Crippen LogP contribution < -0.4 is 10.1 Å². The fourth-order valence-electron chi connectivity index (χ4n) is 2.58. The first-order chi connectivity index (χ1) is 13.3. The first-order valence-corrected chi connectivity index (χ1v) is 10.5. The van der Waals surface area contributed by atoms with Crippen LogP contribution in [0.5, 0.6) is 5.75 Å². The number of anilines is 1. The lowest BCUT2D eigenvalue weighted by atomic mass is 10.2. The van der Waals surface area contributed by atoms with Crippen LogP contribution in [0, 0.1) is 12.8 Å². The van der Waals surface area contributed by atoms with Crippen molar-refractivity contribution in [2.24, 2.45) is 5.92 Å². The fourth-order valence-corrected chi connectivity index (χ4v) is 3.86. The van der Waals surface area contributed by atoms with Crippen molar-refractivity contribution in [2.75, 3.05) is 19.0 Å². The summed E-state index contributed by atoms with van der Waals surface area (Å²) in [5, 5.41) is 2.97. The largest absolute Gasteiger partial charge is 0.497 e. The molecule has 2 aromatic carbocycles. The van der Waals surface area contributed by atoms with E-state index in [1.807, 2.05) is 20.8 Å². The van der Waals surface area contributed by atoms with E-state index in [4.69, 9.17) is 9.15 Å². The minimum Gasteiger partial charge on any atom is -0.497 e. The quantitative estimate of drug-likeness (QED) is 0.626. The number of sulfone groups is 1. The van der Waals surface area contributed by atoms with Crippen molar-refractivity contribution in [3.05, 3.63) is 54.1 Å². The van der Waals surface area contributed by atoms with E-state index in [9.17, 15) is 8.42 Å². The molecule has 0 saturated heterocycles. The molecule has 28 heavy (non-hydrogen) atoms. The van der Waals surface area contributed by atoms with Gasteiger partial charge in [-0.1, -0.05) is 31.5 Å². The average Bonchev–Trinajstić information content (AvgIpc) is 3.12. The Morgan fingerprint density at radius 1 is 1.07 bits per heavy atom. The first-order valence-electron chi connectivity index (χ1n) is 9.02. The lowest BCUT2D eigenvalue weighted by molar-refractivity contribution is 0.415. The van der Waals surface area contributed by atoms with Crippen LogP contribution in [-0.4, -0.2) is 27.1 Å². The van der Waals surface area contributed by atoms with Crippen LogP contribution in [0.3, 0.4) is 0 Å². The normalized spacial score (nSPS) is 11.6. The summed E-state index contributed by atoms with van der Waals surface area (Å²) in [6.07, 6.45) is 0. The van der Waals surface area contributed by atoms with Crippen LogP contribution in [0.4, 0.5) is 5.88 Å². The zero-order valence-corrected chi connectivity index (χ0v) is 17.2. The minimum absolute atomic E-state index is 0.108. The molecule has 0 amide bonds. The van der Waals surface area contributed by atoms with Crippen molar-refractivity contribution in [1.29, 1.82) is 0 Å². The van der Waals surface area contributed by atoms with E-state index in [-0.39, 0.29) is 21.7 Å². The second-order valence-electron chi connectivity index (χ2n) is 6.97. The highest BCUT2D eigenvalue weighted by atomic mass is 32.2. The number of rotatable bonds is 7. The maximum absolute atomic E-state index is 13.2. The number of nitrogens with one attached hydrogen (secondary N) is 1. The van der Waals surface area contributed by atoms with Crippen LogP contribution in [0.15, 0.2) is 62.9 Å². The van der Waals surface area contributed by atoms with Crippen LogP contribution >= 0.6 is 0 Å². The molecule has 148 valence electrons. The van der Waals surface area contributed by atoms with Gasteiger partial charge in [-0.05, 0) is 49.2 Å². The summed E-state index contributed by atoms with van der Waals surface area (Å²) in [7, 11) is -2.24. The number of nitrogens with zero attached hydrogens (tertiary/aromatic N) is 1. The number of hydrogen-bond acceptors (Lipinski definition) is 6. The van der Waals surface area contributed by atoms with E-state index in [1.54, 1.807) is 55.6 Å². The van der Waals surface area contributed by atoms with Crippen molar-refractivity contribution in [1.82, 2.24) is 4.98 Å². The summed E-state index contributed by atoms with van der Waals surface area (Å²) in [5.74, 6) is 1.39. The van der Waals surface area contributed by atoms with E-state index in [0.717, 1.165) is 5.56 Å². The molecule has 1 aromatic heterocycles. The molecule has 0 aliphatic carbocycles. The van der Waals surface area contributed by atoms with Crippen LogP contribution in [0.1, 0.15) is 19.4 Å². The predicted molar refractivity (Wildman–Crippen MR) is 108 cm³/mol. The second-order valence-corrected chi connectivity index (χ2v) is 8.84. The Kier molecular flexibility index (Phi) is 5.74. The molecule has 0 atom stereocenters. The fraction of sp³-hybridized carbons (Fsp3) is 0.286. The van der Waals surface area contributed by atoms with Crippen molar-refractivity contribution >= 4 is 15.7 Å². The summed E-state index contributed by atoms with van der Waals surface area (Å²) in [5.41, 5.74) is 1.65. The SMILES string of the molecule is COc1ccc(-c2nc(S(=O)(=O)c3ccc(C)cc3)c(NCC(C)C)o2)cc1. The molecule has 0 bridgehead atoms. The molecule has 0 fully saturated rings. The number of benzene rings is 2. The Bertz CT molecular complexity index is 1040. The van der Waals surface area contributed by atoms with Crippen molar-refractivity contribution < 1.29 is 17.6 Å². The second kappa shape index (κ2) is 8.06. The van der Waals surface area contributed by atoms with Gasteiger partial charge in [0.2, 0.25) is 26.6 Å². The highest BCUT2D eigenvalue weighted by molar-refractivity contribution is 7.91. The Balaban J connectivity index is 2.06. The van der Waals surface area contributed by atoms with Gasteiger partial charge in [0, 0.05) is 12.1 Å². The standard InChI is InChI=1S/C21H24N2O4S/c1-14(2)13-22-20-21(28(24,25)18-11-5-15(3)6-12-18)23-19(27-20)16-7-9-17(26-4)10-8-16/h5-12,14,22H,13H2,1-4H3. The molecule has 0 aliphatic heterocycles. The van der Waals surface area contributed by atoms with Gasteiger partial charge >= 0.3 is 0 Å². The summed E-state index contributed by atoms with van der Waals surface area (Å²) in [4.78, 5) is 4.51. The van der Waals surface area contributed by atoms with Gasteiger partial charge < -0.3 is 14.5 Å². The highest BCUT2D eigenvalue weighted by Crippen LogP contribution is 2.33. The number of aryl methyl sites for hydroxylation is 1. The Morgan fingerprint density at radius 3 is 2.29 bits per heavy atom. The first kappa shape index (κ1) is 19.9. The Labute approximate surface area is 165 Å². The zero-order chi connectivity index (χ0) is 20.3. The Hall–Kier alpha value is -2.80. The molecule has 0 unspecified atom stereocenters. The third-order valence-corrected chi connectivity index (χ3v) is 5.87. The molecular formula is C21H24N2O4S. The van der Waals surface area contributed by atoms with Gasteiger partial charge in [-0.15, -0.1) is 0 Å². The molecule has 1 N–H and O–H groups in total. The van der Waals surface area contributed by atoms with E-state index in [1.165, 1.54) is 0 Å². The maximum Gasteiger partial charge on any atom is 0.233 e. The van der Waals surface area contributed by atoms with Crippen LogP contribution in [0.2, 0.25) is 0 Å². The topological polar surface area (TPSA) is 81.4 Å². The van der Waals surface area contributed by atoms with Gasteiger partial charge in [0.05, 0.1) is 12.0 Å². The van der Waals surface area contributed by atoms with Crippen LogP contribution in [-0.2, 0) is 9.84 Å². The molecular weight excluding hydrogens is 376 g/mol. The minimum atomic E-state index is -3.83. The van der Waals surface area contributed by atoms with E-state index < -0.39 is 9.84 Å². The molecule has 1 heterocycles. The number of methoxy groups -OCH3 is 1. The van der Waals surface area contributed by atoms with Gasteiger partial charge in [-0.2, -0.15) is 4.98 Å². The zero-order valence-electron chi connectivity index (χ0n) is 16.4. The predicted octanol–water partition coefficient (Wildman–Crippen LogP) is 4.56. The number of aromatic nitrogens is 1. The molecule has 7 heteroatoms. The number of oxazole rings is 1. The lowest BCUT2D eigenvalue weighted by Crippen LogP contribution is -2.11. The maximum atomic E-state index is 13.2. The number of hydrogen-bond donors (Lipinski definition) is 1. The number of ether oxygens (including phenoxy) is 1. The van der Waals surface area contributed by atoms with E-state index in [2.05, 4.69) is 10.3 Å². The van der Waals surface area contributed by atoms with Crippen LogP contribution in [0.25, 0.3) is 11.5 Å². The summed E-state index contributed by atoms with van der Waals surface area (Å²) < 4.78 is 37.3. The summed E-state index contributed by atoms with van der Waals surface area (Å²) >= 11 is 0. The van der Waals surface area contributed by atoms with Gasteiger partial charge in [0.15, 0.2) is 0 Å². The summed E-state index contributed by atoms with van der Waals surface area (Å²) in [6, 6.07) is 13.8. The molecule has 6 nitrogen and oxygen atoms in total. The van der Waals surface area contributed by atoms with Gasteiger partial charge in [0.25, 0.3) is 0 Å². The molecule has 0 saturated carbocycles. The average molecular weight is 401 g/mol. The Morgan fingerprint density at radius 2 is 1.71 bits per heavy atom.